The van der Waals surface area contributed by atoms with E-state index in [1.807, 2.05) is 12.1 Å². The maximum atomic E-state index is 13.9. The van der Waals surface area contributed by atoms with Crippen molar-refractivity contribution < 1.29 is 18.3 Å². The predicted octanol–water partition coefficient (Wildman–Crippen LogP) is 6.27. The molecule has 2 saturated heterocycles. The lowest BCUT2D eigenvalue weighted by Crippen LogP contribution is -2.51. The van der Waals surface area contributed by atoms with E-state index in [9.17, 15) is 18.3 Å². The molecule has 11 heteroatoms. The summed E-state index contributed by atoms with van der Waals surface area (Å²) in [7, 11) is 2.14. The number of piperazine rings is 1. The number of benzene rings is 2. The van der Waals surface area contributed by atoms with Crippen molar-refractivity contribution in [1.82, 2.24) is 20.1 Å². The van der Waals surface area contributed by atoms with Gasteiger partial charge in [0.1, 0.15) is 4.88 Å². The second-order valence-electron chi connectivity index (χ2n) is 9.56. The Kier molecular flexibility index (Phi) is 5.93. The Bertz CT molecular complexity index is 1500. The summed E-state index contributed by atoms with van der Waals surface area (Å²) in [5.41, 5.74) is 0.982. The van der Waals surface area contributed by atoms with E-state index in [4.69, 9.17) is 11.6 Å². The first-order valence-corrected chi connectivity index (χ1v) is 13.1. The van der Waals surface area contributed by atoms with E-state index >= 15 is 0 Å². The van der Waals surface area contributed by atoms with E-state index in [2.05, 4.69) is 32.0 Å². The average Bonchev–Trinajstić information content (AvgIpc) is 3.52. The zero-order valence-electron chi connectivity index (χ0n) is 19.8. The molecule has 2 unspecified atom stereocenters. The van der Waals surface area contributed by atoms with Crippen molar-refractivity contribution in [3.63, 3.8) is 0 Å². The normalized spacial score (nSPS) is 20.8. The highest BCUT2D eigenvalue weighted by Gasteiger charge is 2.39. The number of hydrogen-bond acceptors (Lipinski definition) is 6. The molecule has 2 aromatic carbocycles. The third-order valence-corrected chi connectivity index (χ3v) is 8.71. The summed E-state index contributed by atoms with van der Waals surface area (Å²) >= 11 is 7.20. The first-order chi connectivity index (χ1) is 17.7. The molecule has 0 saturated carbocycles. The summed E-state index contributed by atoms with van der Waals surface area (Å²) in [6, 6.07) is 9.99. The average molecular weight is 546 g/mol. The highest BCUT2D eigenvalue weighted by Crippen LogP contribution is 2.43. The number of alkyl halides is 3. The molecule has 0 spiro atoms. The first-order valence-electron chi connectivity index (χ1n) is 11.9. The molecular weight excluding hydrogens is 523 g/mol. The summed E-state index contributed by atoms with van der Waals surface area (Å²) < 4.78 is 41.8. The van der Waals surface area contributed by atoms with E-state index in [-0.39, 0.29) is 16.5 Å². The fraction of sp³-hybridized carbons (Fsp3) is 0.308. The van der Waals surface area contributed by atoms with E-state index < -0.39 is 11.7 Å². The van der Waals surface area contributed by atoms with Gasteiger partial charge in [0.05, 0.1) is 17.3 Å². The third-order valence-electron chi connectivity index (χ3n) is 7.33. The van der Waals surface area contributed by atoms with Gasteiger partial charge in [0.2, 0.25) is 5.88 Å². The van der Waals surface area contributed by atoms with Crippen LogP contribution in [0.4, 0.5) is 18.3 Å². The predicted molar refractivity (Wildman–Crippen MR) is 140 cm³/mol. The molecule has 0 amide bonds. The van der Waals surface area contributed by atoms with Crippen LogP contribution < -0.4 is 4.90 Å². The fourth-order valence-electron chi connectivity index (χ4n) is 5.33. The Balaban J connectivity index is 1.48. The maximum absolute atomic E-state index is 13.9. The lowest BCUT2D eigenvalue weighted by molar-refractivity contribution is -0.137. The Morgan fingerprint density at radius 3 is 2.65 bits per heavy atom. The van der Waals surface area contributed by atoms with Crippen LogP contribution in [0.5, 0.6) is 5.88 Å². The number of likely N-dealkylation sites (N-methyl/N-ethyl adjacent to an activating group) is 1. The topological polar surface area (TPSA) is 68.3 Å². The number of fused-ring (bicyclic) bond motifs is 3. The Labute approximate surface area is 220 Å². The van der Waals surface area contributed by atoms with Crippen molar-refractivity contribution in [3.05, 3.63) is 69.2 Å². The Hall–Kier alpha value is -3.08. The van der Waals surface area contributed by atoms with Gasteiger partial charge in [-0.2, -0.15) is 23.3 Å². The van der Waals surface area contributed by atoms with Gasteiger partial charge >= 0.3 is 6.18 Å². The number of aromatic nitrogens is 3. The second kappa shape index (κ2) is 9.04. The first kappa shape index (κ1) is 24.3. The summed E-state index contributed by atoms with van der Waals surface area (Å²) in [4.78, 5) is 9.45. The van der Waals surface area contributed by atoms with Gasteiger partial charge < -0.3 is 10.0 Å². The molecule has 192 valence electrons. The molecule has 4 aromatic rings. The van der Waals surface area contributed by atoms with Crippen molar-refractivity contribution in [1.29, 1.82) is 0 Å². The number of H-pyrrole nitrogens is 1. The SMILES string of the molecule is CN1C2CCC1CN(c1nc(O)c(C(=Cc3ccc(Cl)cc3C(F)(F)F)c3ccc4[nH]ncc4c3)s1)C2. The summed E-state index contributed by atoms with van der Waals surface area (Å²) in [6.45, 7) is 1.60. The monoisotopic (exact) mass is 545 g/mol. The number of nitrogens with zero attached hydrogens (tertiary/aromatic N) is 4. The highest BCUT2D eigenvalue weighted by atomic mass is 35.5. The van der Waals surface area contributed by atoms with Crippen LogP contribution in [-0.4, -0.2) is 57.4 Å². The van der Waals surface area contributed by atoms with Gasteiger partial charge in [-0.15, -0.1) is 0 Å². The number of aromatic hydroxyl groups is 1. The Morgan fingerprint density at radius 2 is 1.92 bits per heavy atom. The molecule has 2 aliphatic rings. The number of halogens is 4. The summed E-state index contributed by atoms with van der Waals surface area (Å²) in [6.07, 6.45) is 0.738. The lowest BCUT2D eigenvalue weighted by atomic mass is 9.98. The summed E-state index contributed by atoms with van der Waals surface area (Å²) in [5, 5.41) is 19.4. The van der Waals surface area contributed by atoms with Crippen LogP contribution >= 0.6 is 22.9 Å². The van der Waals surface area contributed by atoms with Crippen molar-refractivity contribution >= 4 is 50.6 Å². The highest BCUT2D eigenvalue weighted by molar-refractivity contribution is 7.17. The van der Waals surface area contributed by atoms with Gasteiger partial charge in [0, 0.05) is 41.2 Å². The molecule has 2 aliphatic heterocycles. The van der Waals surface area contributed by atoms with E-state index in [0.29, 0.717) is 33.2 Å². The molecule has 2 atom stereocenters. The molecule has 6 nitrogen and oxygen atoms in total. The van der Waals surface area contributed by atoms with Crippen LogP contribution in [0.1, 0.15) is 34.4 Å². The van der Waals surface area contributed by atoms with E-state index in [1.165, 1.54) is 29.5 Å². The minimum absolute atomic E-state index is 0.00142. The molecule has 0 radical (unpaired) electrons. The van der Waals surface area contributed by atoms with Gasteiger partial charge in [-0.3, -0.25) is 10.00 Å². The number of rotatable bonds is 4. The third kappa shape index (κ3) is 4.47. The standard InChI is InChI=1S/C26H23ClF3N5OS/c1-34-18-5-6-19(34)13-35(12-18)25-32-24(36)23(37-25)20(14-3-7-22-16(8-14)11-31-33-22)9-15-2-4-17(27)10-21(15)26(28,29)30/h2-4,7-11,18-19,36H,5-6,12-13H2,1H3,(H,31,33). The summed E-state index contributed by atoms with van der Waals surface area (Å²) in [5.74, 6) is -0.202. The van der Waals surface area contributed by atoms with Gasteiger partial charge in [-0.1, -0.05) is 35.1 Å². The van der Waals surface area contributed by atoms with Crippen molar-refractivity contribution in [2.75, 3.05) is 25.0 Å². The molecule has 37 heavy (non-hydrogen) atoms. The smallest absolute Gasteiger partial charge is 0.417 e. The number of aromatic amines is 1. The second-order valence-corrected chi connectivity index (χ2v) is 11.0. The van der Waals surface area contributed by atoms with Gasteiger partial charge in [-0.05, 0) is 61.4 Å². The molecule has 2 fully saturated rings. The molecular formula is C26H23ClF3N5OS. The van der Waals surface area contributed by atoms with Crippen molar-refractivity contribution in [2.24, 2.45) is 0 Å². The molecule has 4 heterocycles. The van der Waals surface area contributed by atoms with Crippen LogP contribution in [0.25, 0.3) is 22.6 Å². The number of thiazole rings is 1. The van der Waals surface area contributed by atoms with Crippen LogP contribution in [0.2, 0.25) is 5.02 Å². The number of nitrogens with one attached hydrogen (secondary N) is 1. The van der Waals surface area contributed by atoms with E-state index in [1.54, 1.807) is 12.3 Å². The van der Waals surface area contributed by atoms with Gasteiger partial charge in [-0.25, -0.2) is 0 Å². The van der Waals surface area contributed by atoms with Crippen molar-refractivity contribution in [2.45, 2.75) is 31.1 Å². The maximum Gasteiger partial charge on any atom is 0.417 e. The quantitative estimate of drug-likeness (QED) is 0.296. The van der Waals surface area contributed by atoms with Crippen LogP contribution in [0.15, 0.2) is 42.6 Å². The minimum Gasteiger partial charge on any atom is -0.492 e. The molecule has 2 bridgehead atoms. The molecule has 2 N–H and O–H groups in total. The van der Waals surface area contributed by atoms with Crippen LogP contribution in [-0.2, 0) is 6.18 Å². The Morgan fingerprint density at radius 1 is 1.16 bits per heavy atom. The van der Waals surface area contributed by atoms with E-state index in [0.717, 1.165) is 42.9 Å². The largest absolute Gasteiger partial charge is 0.492 e. The molecule has 0 aliphatic carbocycles. The minimum atomic E-state index is -4.60. The number of hydrogen-bond donors (Lipinski definition) is 2. The fourth-order valence-corrected chi connectivity index (χ4v) is 6.52. The van der Waals surface area contributed by atoms with Crippen LogP contribution in [0, 0.1) is 0 Å². The van der Waals surface area contributed by atoms with Gasteiger partial charge in [0.15, 0.2) is 5.13 Å². The number of anilines is 1. The van der Waals surface area contributed by atoms with Crippen LogP contribution in [0.3, 0.4) is 0 Å². The lowest BCUT2D eigenvalue weighted by Gasteiger charge is -2.38. The molecule has 6 rings (SSSR count). The van der Waals surface area contributed by atoms with Gasteiger partial charge in [0.25, 0.3) is 0 Å². The molecule has 2 aromatic heterocycles. The zero-order chi connectivity index (χ0) is 25.9. The van der Waals surface area contributed by atoms with Crippen molar-refractivity contribution in [3.8, 4) is 5.88 Å². The zero-order valence-corrected chi connectivity index (χ0v) is 21.3.